The van der Waals surface area contributed by atoms with Crippen molar-refractivity contribution in [2.75, 3.05) is 6.61 Å². The number of primary amides is 1. The zero-order valence-electron chi connectivity index (χ0n) is 12.9. The van der Waals surface area contributed by atoms with E-state index >= 15 is 0 Å². The van der Waals surface area contributed by atoms with Gasteiger partial charge in [-0.1, -0.05) is 12.1 Å². The van der Waals surface area contributed by atoms with Crippen molar-refractivity contribution in [3.63, 3.8) is 0 Å². The summed E-state index contributed by atoms with van der Waals surface area (Å²) in [6.07, 6.45) is 0. The van der Waals surface area contributed by atoms with E-state index in [9.17, 15) is 14.7 Å². The number of halogens is 1. The Kier molecular flexibility index (Phi) is 5.81. The highest BCUT2D eigenvalue weighted by Crippen LogP contribution is 2.30. The molecule has 0 unspecified atom stereocenters. The molecule has 0 aliphatic heterocycles. The molecular weight excluding hydrogens is 378 g/mol. The zero-order chi connectivity index (χ0) is 17.7. The molecule has 0 spiro atoms. The van der Waals surface area contributed by atoms with E-state index in [1.807, 2.05) is 0 Å². The quantitative estimate of drug-likeness (QED) is 0.734. The Hall–Kier alpha value is -2.54. The fraction of sp³-hybridized carbons (Fsp3) is 0.176. The highest BCUT2D eigenvalue weighted by molar-refractivity contribution is 9.10. The fourth-order valence-electron chi connectivity index (χ4n) is 2.00. The molecule has 0 aliphatic carbocycles. The van der Waals surface area contributed by atoms with Crippen molar-refractivity contribution in [3.8, 4) is 11.5 Å². The number of phenols is 1. The van der Waals surface area contributed by atoms with E-state index in [1.165, 1.54) is 0 Å². The minimum atomic E-state index is -0.639. The zero-order valence-corrected chi connectivity index (χ0v) is 14.5. The summed E-state index contributed by atoms with van der Waals surface area (Å²) >= 11 is 3.19. The van der Waals surface area contributed by atoms with Crippen LogP contribution in [0.15, 0.2) is 40.9 Å². The van der Waals surface area contributed by atoms with Gasteiger partial charge >= 0.3 is 5.97 Å². The number of phenolic OH excluding ortho intramolecular Hbond substituents is 1. The number of aryl methyl sites for hydroxylation is 1. The third-order valence-corrected chi connectivity index (χ3v) is 3.68. The number of amides is 1. The van der Waals surface area contributed by atoms with Crippen molar-refractivity contribution >= 4 is 27.8 Å². The van der Waals surface area contributed by atoms with Gasteiger partial charge in [-0.05, 0) is 58.2 Å². The van der Waals surface area contributed by atoms with E-state index in [2.05, 4.69) is 15.9 Å². The molecule has 3 N–H and O–H groups in total. The first-order valence-electron chi connectivity index (χ1n) is 7.03. The smallest absolute Gasteiger partial charge is 0.342 e. The number of hydrogen-bond donors (Lipinski definition) is 2. The Morgan fingerprint density at radius 1 is 1.25 bits per heavy atom. The Labute approximate surface area is 147 Å². The molecular formula is C17H16BrNO5. The monoisotopic (exact) mass is 393 g/mol. The van der Waals surface area contributed by atoms with Gasteiger partial charge in [-0.2, -0.15) is 0 Å². The highest BCUT2D eigenvalue weighted by atomic mass is 79.9. The van der Waals surface area contributed by atoms with Gasteiger partial charge in [-0.15, -0.1) is 0 Å². The first-order valence-corrected chi connectivity index (χ1v) is 7.82. The van der Waals surface area contributed by atoms with Gasteiger partial charge < -0.3 is 20.3 Å². The molecule has 126 valence electrons. The molecule has 0 heterocycles. The number of carbonyl (C=O) groups excluding carboxylic acids is 2. The highest BCUT2D eigenvalue weighted by Gasteiger charge is 2.16. The second-order valence-electron chi connectivity index (χ2n) is 5.12. The molecule has 2 aromatic rings. The lowest BCUT2D eigenvalue weighted by atomic mass is 10.1. The second-order valence-corrected chi connectivity index (χ2v) is 5.98. The molecule has 0 aromatic heterocycles. The lowest BCUT2D eigenvalue weighted by Crippen LogP contribution is -2.20. The largest absolute Gasteiger partial charge is 0.506 e. The molecule has 0 radical (unpaired) electrons. The summed E-state index contributed by atoms with van der Waals surface area (Å²) in [6.45, 7) is 1.58. The Bertz CT molecular complexity index is 776. The summed E-state index contributed by atoms with van der Waals surface area (Å²) in [6, 6.07) is 10.0. The van der Waals surface area contributed by atoms with E-state index in [0.29, 0.717) is 15.8 Å². The standard InChI is InChI=1S/C17H16BrNO5/c1-10-5-13(16(21)14(18)6-10)17(22)24-8-11-3-2-4-12(7-11)23-9-15(19)20/h2-7,21H,8-9H2,1H3,(H2,19,20). The number of nitrogens with two attached hydrogens (primary N) is 1. The predicted octanol–water partition coefficient (Wildman–Crippen LogP) is 2.68. The lowest BCUT2D eigenvalue weighted by molar-refractivity contribution is -0.119. The normalized spacial score (nSPS) is 10.2. The molecule has 7 heteroatoms. The Morgan fingerprint density at radius 3 is 2.71 bits per heavy atom. The molecule has 6 nitrogen and oxygen atoms in total. The van der Waals surface area contributed by atoms with Gasteiger partial charge in [0.15, 0.2) is 6.61 Å². The van der Waals surface area contributed by atoms with Gasteiger partial charge in [0.2, 0.25) is 0 Å². The molecule has 2 rings (SSSR count). The lowest BCUT2D eigenvalue weighted by Gasteiger charge is -2.10. The third-order valence-electron chi connectivity index (χ3n) is 3.08. The van der Waals surface area contributed by atoms with Crippen LogP contribution in [0.4, 0.5) is 0 Å². The molecule has 0 saturated carbocycles. The van der Waals surface area contributed by atoms with E-state index in [4.69, 9.17) is 15.2 Å². The SMILES string of the molecule is Cc1cc(Br)c(O)c(C(=O)OCc2cccc(OCC(N)=O)c2)c1. The molecule has 2 aromatic carbocycles. The van der Waals surface area contributed by atoms with Gasteiger partial charge in [0, 0.05) is 0 Å². The molecule has 0 fully saturated rings. The summed E-state index contributed by atoms with van der Waals surface area (Å²) < 4.78 is 10.8. The van der Waals surface area contributed by atoms with Crippen LogP contribution in [0.5, 0.6) is 11.5 Å². The van der Waals surface area contributed by atoms with Crippen molar-refractivity contribution in [3.05, 3.63) is 57.6 Å². The van der Waals surface area contributed by atoms with Gasteiger partial charge in [-0.25, -0.2) is 4.79 Å². The number of hydrogen-bond acceptors (Lipinski definition) is 5. The van der Waals surface area contributed by atoms with Gasteiger partial charge in [0.05, 0.1) is 4.47 Å². The summed E-state index contributed by atoms with van der Waals surface area (Å²) in [4.78, 5) is 22.9. The summed E-state index contributed by atoms with van der Waals surface area (Å²) in [5.74, 6) is -0.930. The van der Waals surface area contributed by atoms with Crippen LogP contribution in [0, 0.1) is 6.92 Å². The van der Waals surface area contributed by atoms with Crippen LogP contribution in [0.3, 0.4) is 0 Å². The molecule has 24 heavy (non-hydrogen) atoms. The maximum absolute atomic E-state index is 12.1. The number of esters is 1. The van der Waals surface area contributed by atoms with Crippen LogP contribution in [0.25, 0.3) is 0 Å². The van der Waals surface area contributed by atoms with E-state index < -0.39 is 11.9 Å². The average molecular weight is 394 g/mol. The van der Waals surface area contributed by atoms with Crippen LogP contribution in [0.1, 0.15) is 21.5 Å². The van der Waals surface area contributed by atoms with Crippen LogP contribution < -0.4 is 10.5 Å². The third kappa shape index (κ3) is 4.73. The van der Waals surface area contributed by atoms with Crippen LogP contribution in [-0.4, -0.2) is 23.6 Å². The van der Waals surface area contributed by atoms with Crippen molar-refractivity contribution in [1.29, 1.82) is 0 Å². The van der Waals surface area contributed by atoms with Gasteiger partial charge in [-0.3, -0.25) is 4.79 Å². The van der Waals surface area contributed by atoms with Crippen LogP contribution in [-0.2, 0) is 16.1 Å². The summed E-state index contributed by atoms with van der Waals surface area (Å²) in [5.41, 5.74) is 6.60. The second kappa shape index (κ2) is 7.83. The number of rotatable bonds is 6. The average Bonchev–Trinajstić information content (AvgIpc) is 2.54. The number of benzene rings is 2. The van der Waals surface area contributed by atoms with E-state index in [1.54, 1.807) is 43.3 Å². The van der Waals surface area contributed by atoms with Crippen molar-refractivity contribution < 1.29 is 24.2 Å². The molecule has 0 aliphatic rings. The minimum absolute atomic E-state index is 0.00238. The van der Waals surface area contributed by atoms with Crippen molar-refractivity contribution in [2.45, 2.75) is 13.5 Å². The number of ether oxygens (including phenoxy) is 2. The summed E-state index contributed by atoms with van der Waals surface area (Å²) in [7, 11) is 0. The molecule has 0 bridgehead atoms. The Morgan fingerprint density at radius 2 is 2.00 bits per heavy atom. The van der Waals surface area contributed by atoms with Crippen molar-refractivity contribution in [2.24, 2.45) is 5.73 Å². The fourth-order valence-corrected chi connectivity index (χ4v) is 2.57. The minimum Gasteiger partial charge on any atom is -0.506 e. The summed E-state index contributed by atoms with van der Waals surface area (Å²) in [5, 5.41) is 9.94. The molecule has 0 saturated heterocycles. The maximum Gasteiger partial charge on any atom is 0.342 e. The first-order chi connectivity index (χ1) is 11.4. The van der Waals surface area contributed by atoms with Gasteiger partial charge in [0.1, 0.15) is 23.7 Å². The molecule has 1 amide bonds. The number of aromatic hydroxyl groups is 1. The number of carbonyl (C=O) groups is 2. The van der Waals surface area contributed by atoms with Crippen molar-refractivity contribution in [1.82, 2.24) is 0 Å². The molecule has 0 atom stereocenters. The topological polar surface area (TPSA) is 98.8 Å². The first kappa shape index (κ1) is 17.8. The maximum atomic E-state index is 12.1. The van der Waals surface area contributed by atoms with Gasteiger partial charge in [0.25, 0.3) is 5.91 Å². The van der Waals surface area contributed by atoms with E-state index in [0.717, 1.165) is 5.56 Å². The predicted molar refractivity (Wildman–Crippen MR) is 90.8 cm³/mol. The Balaban J connectivity index is 2.04. The van der Waals surface area contributed by atoms with Crippen LogP contribution in [0.2, 0.25) is 0 Å². The van der Waals surface area contributed by atoms with Crippen LogP contribution >= 0.6 is 15.9 Å². The van der Waals surface area contributed by atoms with E-state index in [-0.39, 0.29) is 24.5 Å².